The second-order valence-corrected chi connectivity index (χ2v) is 7.66. The van der Waals surface area contributed by atoms with Crippen LogP contribution in [0.25, 0.3) is 0 Å². The minimum atomic E-state index is -2.95. The van der Waals surface area contributed by atoms with Gasteiger partial charge in [-0.3, -0.25) is 0 Å². The van der Waals surface area contributed by atoms with Gasteiger partial charge in [-0.05, 0) is 18.6 Å². The molecule has 1 aromatic carbocycles. The van der Waals surface area contributed by atoms with Crippen LogP contribution < -0.4 is 10.1 Å². The minimum absolute atomic E-state index is 0.0794. The van der Waals surface area contributed by atoms with Crippen molar-refractivity contribution in [2.24, 2.45) is 0 Å². The van der Waals surface area contributed by atoms with E-state index in [9.17, 15) is 8.42 Å². The number of halogens is 1. The van der Waals surface area contributed by atoms with Gasteiger partial charge in [0.1, 0.15) is 11.9 Å². The molecular weight excluding hydrogens is 314 g/mol. The van der Waals surface area contributed by atoms with E-state index in [2.05, 4.69) is 5.32 Å². The number of rotatable bonds is 7. The number of hydrogen-bond acceptors (Lipinski definition) is 5. The SMILES string of the molecule is COCCNCc1c(Cl)cccc1OC1CCS(=O)(=O)C1. The Morgan fingerprint density at radius 1 is 1.43 bits per heavy atom. The Balaban J connectivity index is 2.03. The van der Waals surface area contributed by atoms with Gasteiger partial charge in [0.2, 0.25) is 0 Å². The first kappa shape index (κ1) is 16.5. The van der Waals surface area contributed by atoms with Gasteiger partial charge in [-0.2, -0.15) is 0 Å². The van der Waals surface area contributed by atoms with E-state index in [0.29, 0.717) is 36.9 Å². The minimum Gasteiger partial charge on any atom is -0.489 e. The summed E-state index contributed by atoms with van der Waals surface area (Å²) in [6.07, 6.45) is 0.247. The van der Waals surface area contributed by atoms with Crippen molar-refractivity contribution < 1.29 is 17.9 Å². The van der Waals surface area contributed by atoms with Gasteiger partial charge in [-0.1, -0.05) is 17.7 Å². The van der Waals surface area contributed by atoms with Gasteiger partial charge in [0.25, 0.3) is 0 Å². The monoisotopic (exact) mass is 333 g/mol. The zero-order chi connectivity index (χ0) is 15.3. The molecule has 0 bridgehead atoms. The molecule has 1 aromatic rings. The molecule has 1 atom stereocenters. The Morgan fingerprint density at radius 3 is 2.90 bits per heavy atom. The molecule has 0 radical (unpaired) electrons. The average Bonchev–Trinajstić information content (AvgIpc) is 2.76. The van der Waals surface area contributed by atoms with E-state index in [0.717, 1.165) is 5.56 Å². The molecule has 2 rings (SSSR count). The van der Waals surface area contributed by atoms with Crippen LogP contribution in [0.5, 0.6) is 5.75 Å². The zero-order valence-corrected chi connectivity index (χ0v) is 13.5. The van der Waals surface area contributed by atoms with Crippen molar-refractivity contribution in [1.29, 1.82) is 0 Å². The number of benzene rings is 1. The van der Waals surface area contributed by atoms with Gasteiger partial charge >= 0.3 is 0 Å². The predicted octanol–water partition coefficient (Wildman–Crippen LogP) is 1.64. The van der Waals surface area contributed by atoms with Crippen LogP contribution in [0.3, 0.4) is 0 Å². The fourth-order valence-corrected chi connectivity index (χ4v) is 4.06. The highest BCUT2D eigenvalue weighted by Gasteiger charge is 2.30. The Morgan fingerprint density at radius 2 is 2.24 bits per heavy atom. The lowest BCUT2D eigenvalue weighted by Gasteiger charge is -2.17. The van der Waals surface area contributed by atoms with Crippen molar-refractivity contribution in [2.75, 3.05) is 31.8 Å². The Hall–Kier alpha value is -0.820. The van der Waals surface area contributed by atoms with Crippen LogP contribution in [-0.2, 0) is 21.1 Å². The largest absolute Gasteiger partial charge is 0.489 e. The van der Waals surface area contributed by atoms with E-state index in [1.807, 2.05) is 6.07 Å². The second kappa shape index (κ2) is 7.45. The third-order valence-corrected chi connectivity index (χ3v) is 5.44. The smallest absolute Gasteiger partial charge is 0.154 e. The Bertz CT molecular complexity index is 576. The van der Waals surface area contributed by atoms with E-state index in [1.165, 1.54) is 0 Å². The normalized spacial score (nSPS) is 20.6. The first-order chi connectivity index (χ1) is 10.0. The van der Waals surface area contributed by atoms with Crippen molar-refractivity contribution in [1.82, 2.24) is 5.32 Å². The van der Waals surface area contributed by atoms with E-state index >= 15 is 0 Å². The van der Waals surface area contributed by atoms with Crippen molar-refractivity contribution in [3.05, 3.63) is 28.8 Å². The van der Waals surface area contributed by atoms with E-state index in [4.69, 9.17) is 21.1 Å². The lowest BCUT2D eigenvalue weighted by atomic mass is 10.2. The molecule has 1 aliphatic rings. The van der Waals surface area contributed by atoms with Crippen LogP contribution in [0.1, 0.15) is 12.0 Å². The summed E-state index contributed by atoms with van der Waals surface area (Å²) < 4.78 is 33.8. The molecule has 21 heavy (non-hydrogen) atoms. The predicted molar refractivity (Wildman–Crippen MR) is 82.7 cm³/mol. The molecule has 1 fully saturated rings. The second-order valence-electron chi connectivity index (χ2n) is 5.03. The third kappa shape index (κ3) is 4.85. The van der Waals surface area contributed by atoms with Gasteiger partial charge in [-0.25, -0.2) is 8.42 Å². The zero-order valence-electron chi connectivity index (χ0n) is 12.0. The first-order valence-electron chi connectivity index (χ1n) is 6.86. The summed E-state index contributed by atoms with van der Waals surface area (Å²) in [5, 5.41) is 3.83. The van der Waals surface area contributed by atoms with E-state index in [1.54, 1.807) is 19.2 Å². The summed E-state index contributed by atoms with van der Waals surface area (Å²) in [5.41, 5.74) is 0.847. The molecule has 1 aliphatic heterocycles. The third-order valence-electron chi connectivity index (χ3n) is 3.34. The van der Waals surface area contributed by atoms with Crippen LogP contribution in [0, 0.1) is 0 Å². The van der Waals surface area contributed by atoms with Crippen molar-refractivity contribution in [2.45, 2.75) is 19.1 Å². The summed E-state index contributed by atoms with van der Waals surface area (Å²) in [6, 6.07) is 5.43. The topological polar surface area (TPSA) is 64.6 Å². The molecule has 0 aromatic heterocycles. The fourth-order valence-electron chi connectivity index (χ4n) is 2.24. The van der Waals surface area contributed by atoms with Crippen LogP contribution in [0.15, 0.2) is 18.2 Å². The van der Waals surface area contributed by atoms with Crippen LogP contribution in [0.4, 0.5) is 0 Å². The van der Waals surface area contributed by atoms with Crippen molar-refractivity contribution >= 4 is 21.4 Å². The maximum Gasteiger partial charge on any atom is 0.154 e. The maximum absolute atomic E-state index is 11.5. The van der Waals surface area contributed by atoms with Gasteiger partial charge in [-0.15, -0.1) is 0 Å². The maximum atomic E-state index is 11.5. The number of hydrogen-bond donors (Lipinski definition) is 1. The molecule has 0 saturated carbocycles. The molecule has 7 heteroatoms. The van der Waals surface area contributed by atoms with Crippen LogP contribution >= 0.6 is 11.6 Å². The van der Waals surface area contributed by atoms with E-state index in [-0.39, 0.29) is 17.6 Å². The highest BCUT2D eigenvalue weighted by molar-refractivity contribution is 7.91. The molecule has 0 aliphatic carbocycles. The first-order valence-corrected chi connectivity index (χ1v) is 9.06. The highest BCUT2D eigenvalue weighted by atomic mass is 35.5. The van der Waals surface area contributed by atoms with Crippen LogP contribution in [-0.4, -0.2) is 46.3 Å². The van der Waals surface area contributed by atoms with Crippen LogP contribution in [0.2, 0.25) is 5.02 Å². The fraction of sp³-hybridized carbons (Fsp3) is 0.571. The number of nitrogens with one attached hydrogen (secondary N) is 1. The average molecular weight is 334 g/mol. The molecule has 0 amide bonds. The summed E-state index contributed by atoms with van der Waals surface area (Å²) in [7, 11) is -1.31. The molecule has 5 nitrogen and oxygen atoms in total. The standard InChI is InChI=1S/C14H20ClNO4S/c1-19-7-6-16-9-12-13(15)3-2-4-14(12)20-11-5-8-21(17,18)10-11/h2-4,11,16H,5-10H2,1H3. The summed E-state index contributed by atoms with van der Waals surface area (Å²) in [6.45, 7) is 1.87. The summed E-state index contributed by atoms with van der Waals surface area (Å²) >= 11 is 6.21. The molecule has 118 valence electrons. The molecule has 1 unspecified atom stereocenters. The number of sulfone groups is 1. The molecule has 1 saturated heterocycles. The number of ether oxygens (including phenoxy) is 2. The lowest BCUT2D eigenvalue weighted by Crippen LogP contribution is -2.22. The summed E-state index contributed by atoms with van der Waals surface area (Å²) in [4.78, 5) is 0. The Labute approximate surface area is 130 Å². The highest BCUT2D eigenvalue weighted by Crippen LogP contribution is 2.29. The number of methoxy groups -OCH3 is 1. The van der Waals surface area contributed by atoms with Crippen molar-refractivity contribution in [3.63, 3.8) is 0 Å². The quantitative estimate of drug-likeness (QED) is 0.768. The van der Waals surface area contributed by atoms with Gasteiger partial charge < -0.3 is 14.8 Å². The summed E-state index contributed by atoms with van der Waals surface area (Å²) in [5.74, 6) is 0.921. The van der Waals surface area contributed by atoms with Crippen molar-refractivity contribution in [3.8, 4) is 5.75 Å². The molecule has 0 spiro atoms. The van der Waals surface area contributed by atoms with Gasteiger partial charge in [0, 0.05) is 30.8 Å². The lowest BCUT2D eigenvalue weighted by molar-refractivity contribution is 0.198. The molecular formula is C14H20ClNO4S. The molecule has 1 N–H and O–H groups in total. The van der Waals surface area contributed by atoms with E-state index < -0.39 is 9.84 Å². The van der Waals surface area contributed by atoms with Gasteiger partial charge in [0.05, 0.1) is 18.1 Å². The Kier molecular flexibility index (Phi) is 5.87. The van der Waals surface area contributed by atoms with Gasteiger partial charge in [0.15, 0.2) is 9.84 Å². The molecule has 1 heterocycles.